The molecule has 12 heteroatoms. The summed E-state index contributed by atoms with van der Waals surface area (Å²) < 4.78 is 65.9. The number of nitrogens with zero attached hydrogens (tertiary/aromatic N) is 2. The number of sulfonamides is 1. The molecule has 1 N–H and O–H groups in total. The van der Waals surface area contributed by atoms with Crippen LogP contribution in [0.15, 0.2) is 53.0 Å². The Kier molecular flexibility index (Phi) is 11.2. The maximum absolute atomic E-state index is 13.3. The highest BCUT2D eigenvalue weighted by Gasteiger charge is 2.32. The molecular formula is C26H33BrF3N3O4S. The van der Waals surface area contributed by atoms with Crippen molar-refractivity contribution >= 4 is 43.5 Å². The summed E-state index contributed by atoms with van der Waals surface area (Å²) in [6.07, 6.45) is -3.80. The Morgan fingerprint density at radius 1 is 1.05 bits per heavy atom. The number of amides is 2. The van der Waals surface area contributed by atoms with E-state index in [0.29, 0.717) is 6.54 Å². The summed E-state index contributed by atoms with van der Waals surface area (Å²) in [5, 5.41) is 2.83. The molecule has 2 aromatic rings. The van der Waals surface area contributed by atoms with Gasteiger partial charge in [0, 0.05) is 30.5 Å². The first-order valence-corrected chi connectivity index (χ1v) is 14.7. The highest BCUT2D eigenvalue weighted by molar-refractivity contribution is 9.10. The molecule has 210 valence electrons. The molecule has 0 saturated carbocycles. The van der Waals surface area contributed by atoms with E-state index >= 15 is 0 Å². The Bertz CT molecular complexity index is 1220. The minimum Gasteiger partial charge on any atom is -0.354 e. The number of carbonyl (C=O) groups is 2. The van der Waals surface area contributed by atoms with Crippen molar-refractivity contribution < 1.29 is 31.2 Å². The van der Waals surface area contributed by atoms with Gasteiger partial charge in [-0.1, -0.05) is 48.0 Å². The molecule has 0 aliphatic carbocycles. The second kappa shape index (κ2) is 13.5. The van der Waals surface area contributed by atoms with Crippen LogP contribution in [0.4, 0.5) is 18.9 Å². The molecule has 2 aromatic carbocycles. The molecule has 1 atom stereocenters. The van der Waals surface area contributed by atoms with Gasteiger partial charge in [0.1, 0.15) is 6.04 Å². The van der Waals surface area contributed by atoms with Crippen LogP contribution in [0.5, 0.6) is 0 Å². The number of nitrogens with one attached hydrogen (secondary N) is 1. The largest absolute Gasteiger partial charge is 0.416 e. The molecule has 0 radical (unpaired) electrons. The number of alkyl halides is 3. The molecule has 0 spiro atoms. The number of carbonyl (C=O) groups excluding carboxylic acids is 2. The van der Waals surface area contributed by atoms with Crippen LogP contribution in [0.1, 0.15) is 44.7 Å². The molecule has 2 rings (SSSR count). The second-order valence-electron chi connectivity index (χ2n) is 9.45. The quantitative estimate of drug-likeness (QED) is 0.354. The van der Waals surface area contributed by atoms with Gasteiger partial charge in [-0.05, 0) is 55.2 Å². The Hall–Kier alpha value is -2.60. The number of hydrogen-bond donors (Lipinski definition) is 1. The fourth-order valence-electron chi connectivity index (χ4n) is 3.71. The maximum Gasteiger partial charge on any atom is 0.416 e. The summed E-state index contributed by atoms with van der Waals surface area (Å²) in [6, 6.07) is 10.5. The maximum atomic E-state index is 13.3. The summed E-state index contributed by atoms with van der Waals surface area (Å²) >= 11 is 3.40. The van der Waals surface area contributed by atoms with Gasteiger partial charge in [-0.15, -0.1) is 0 Å². The first-order valence-electron chi connectivity index (χ1n) is 12.1. The van der Waals surface area contributed by atoms with Crippen LogP contribution in [0.3, 0.4) is 0 Å². The lowest BCUT2D eigenvalue weighted by Crippen LogP contribution is -2.48. The predicted octanol–water partition coefficient (Wildman–Crippen LogP) is 5.20. The number of rotatable bonds is 12. The molecule has 0 heterocycles. The third-order valence-corrected chi connectivity index (χ3v) is 7.39. The van der Waals surface area contributed by atoms with E-state index < -0.39 is 27.8 Å². The molecular weight excluding hydrogens is 587 g/mol. The van der Waals surface area contributed by atoms with Crippen LogP contribution < -0.4 is 9.62 Å². The number of benzene rings is 2. The zero-order valence-corrected chi connectivity index (χ0v) is 24.2. The lowest BCUT2D eigenvalue weighted by atomic mass is 10.1. The van der Waals surface area contributed by atoms with Crippen molar-refractivity contribution in [1.29, 1.82) is 0 Å². The van der Waals surface area contributed by atoms with Gasteiger partial charge in [-0.2, -0.15) is 13.2 Å². The first kappa shape index (κ1) is 31.6. The second-order valence-corrected chi connectivity index (χ2v) is 12.3. The molecule has 0 aromatic heterocycles. The van der Waals surface area contributed by atoms with E-state index in [0.717, 1.165) is 38.8 Å². The van der Waals surface area contributed by atoms with Crippen LogP contribution in [0.2, 0.25) is 0 Å². The number of halogens is 4. The Balaban J connectivity index is 2.21. The van der Waals surface area contributed by atoms with E-state index in [4.69, 9.17) is 0 Å². The Morgan fingerprint density at radius 3 is 2.29 bits per heavy atom. The van der Waals surface area contributed by atoms with Gasteiger partial charge in [-0.25, -0.2) is 8.42 Å². The monoisotopic (exact) mass is 619 g/mol. The molecule has 2 amide bonds. The van der Waals surface area contributed by atoms with Gasteiger partial charge in [0.15, 0.2) is 0 Å². The van der Waals surface area contributed by atoms with Gasteiger partial charge in [0.25, 0.3) is 0 Å². The molecule has 0 unspecified atom stereocenters. The topological polar surface area (TPSA) is 86.8 Å². The SMILES string of the molecule is CC(C)CNC(=O)[C@H](C)N(Cc1cccc(Br)c1)C(=O)CCCN(c1cccc(C(F)(F)F)c1)S(C)(=O)=O. The van der Waals surface area contributed by atoms with Crippen molar-refractivity contribution in [2.45, 2.75) is 52.4 Å². The van der Waals surface area contributed by atoms with Gasteiger partial charge >= 0.3 is 6.18 Å². The Morgan fingerprint density at radius 2 is 1.71 bits per heavy atom. The molecule has 0 fully saturated rings. The minimum atomic E-state index is -4.63. The van der Waals surface area contributed by atoms with Crippen molar-refractivity contribution in [1.82, 2.24) is 10.2 Å². The summed E-state index contributed by atoms with van der Waals surface area (Å²) in [6.45, 7) is 5.92. The average molecular weight is 621 g/mol. The van der Waals surface area contributed by atoms with E-state index in [1.54, 1.807) is 6.92 Å². The lowest BCUT2D eigenvalue weighted by Gasteiger charge is -2.30. The van der Waals surface area contributed by atoms with Crippen molar-refractivity contribution in [3.8, 4) is 0 Å². The molecule has 7 nitrogen and oxygen atoms in total. The molecule has 0 saturated heterocycles. The first-order chi connectivity index (χ1) is 17.6. The molecule has 0 bridgehead atoms. The van der Waals surface area contributed by atoms with Gasteiger partial charge in [0.05, 0.1) is 17.5 Å². The summed E-state index contributed by atoms with van der Waals surface area (Å²) in [5.74, 6) is -0.475. The number of anilines is 1. The van der Waals surface area contributed by atoms with Crippen LogP contribution in [0.25, 0.3) is 0 Å². The highest BCUT2D eigenvalue weighted by atomic mass is 79.9. The van der Waals surface area contributed by atoms with E-state index in [2.05, 4.69) is 21.2 Å². The zero-order valence-electron chi connectivity index (χ0n) is 21.8. The third-order valence-electron chi connectivity index (χ3n) is 5.71. The number of hydrogen-bond acceptors (Lipinski definition) is 4. The highest BCUT2D eigenvalue weighted by Crippen LogP contribution is 2.32. The average Bonchev–Trinajstić information content (AvgIpc) is 2.82. The molecule has 0 aliphatic heterocycles. The summed E-state index contributed by atoms with van der Waals surface area (Å²) in [4.78, 5) is 27.5. The lowest BCUT2D eigenvalue weighted by molar-refractivity contribution is -0.140. The fourth-order valence-corrected chi connectivity index (χ4v) is 5.11. The van der Waals surface area contributed by atoms with Crippen molar-refractivity contribution in [3.05, 3.63) is 64.1 Å². The Labute approximate surface area is 230 Å². The fraction of sp³-hybridized carbons (Fsp3) is 0.462. The summed E-state index contributed by atoms with van der Waals surface area (Å²) in [5.41, 5.74) is -0.318. The predicted molar refractivity (Wildman–Crippen MR) is 145 cm³/mol. The van der Waals surface area contributed by atoms with Gasteiger partial charge < -0.3 is 10.2 Å². The van der Waals surface area contributed by atoms with Gasteiger partial charge in [-0.3, -0.25) is 13.9 Å². The minimum absolute atomic E-state index is 0.0392. The van der Waals surface area contributed by atoms with Crippen LogP contribution in [0, 0.1) is 5.92 Å². The van der Waals surface area contributed by atoms with E-state index in [-0.39, 0.29) is 49.4 Å². The van der Waals surface area contributed by atoms with Crippen molar-refractivity contribution in [3.63, 3.8) is 0 Å². The van der Waals surface area contributed by atoms with E-state index in [1.807, 2.05) is 38.1 Å². The standard InChI is InChI=1S/C26H33BrF3N3O4S/c1-18(2)16-31-25(35)19(3)32(17-20-8-5-10-22(27)14-20)24(34)12-7-13-33(38(4,36)37)23-11-6-9-21(15-23)26(28,29)30/h5-6,8-11,14-15,18-19H,7,12-13,16-17H2,1-4H3,(H,31,35)/t19-/m0/s1. The summed E-state index contributed by atoms with van der Waals surface area (Å²) in [7, 11) is -3.93. The van der Waals surface area contributed by atoms with E-state index in [9.17, 15) is 31.2 Å². The van der Waals surface area contributed by atoms with Crippen LogP contribution >= 0.6 is 15.9 Å². The smallest absolute Gasteiger partial charge is 0.354 e. The van der Waals surface area contributed by atoms with Crippen LogP contribution in [-0.4, -0.2) is 50.5 Å². The van der Waals surface area contributed by atoms with Gasteiger partial charge in [0.2, 0.25) is 21.8 Å². The third kappa shape index (κ3) is 9.61. The zero-order chi connectivity index (χ0) is 28.7. The van der Waals surface area contributed by atoms with E-state index in [1.165, 1.54) is 11.0 Å². The normalized spacial score (nSPS) is 12.8. The molecule has 38 heavy (non-hydrogen) atoms. The molecule has 0 aliphatic rings. The van der Waals surface area contributed by atoms with Crippen molar-refractivity contribution in [2.24, 2.45) is 5.92 Å². The van der Waals surface area contributed by atoms with Crippen molar-refractivity contribution in [2.75, 3.05) is 23.7 Å². The van der Waals surface area contributed by atoms with Crippen LogP contribution in [-0.2, 0) is 32.3 Å².